The first-order valence-electron chi connectivity index (χ1n) is 10.1. The molecular formula is C25H23N3O2S. The number of hydrogen-bond acceptors (Lipinski definition) is 4. The molecule has 3 aromatic carbocycles. The Labute approximate surface area is 185 Å². The van der Waals surface area contributed by atoms with Crippen molar-refractivity contribution in [1.82, 2.24) is 14.9 Å². The van der Waals surface area contributed by atoms with Crippen LogP contribution in [0.4, 0.5) is 0 Å². The van der Waals surface area contributed by atoms with Crippen molar-refractivity contribution in [2.24, 2.45) is 0 Å². The number of benzene rings is 3. The smallest absolute Gasteiger partial charge is 0.262 e. The lowest BCUT2D eigenvalue weighted by Crippen LogP contribution is -2.27. The summed E-state index contributed by atoms with van der Waals surface area (Å²) in [5, 5.41) is 4.04. The molecule has 6 heteroatoms. The summed E-state index contributed by atoms with van der Waals surface area (Å²) in [4.78, 5) is 30.3. The lowest BCUT2D eigenvalue weighted by molar-refractivity contribution is -0.118. The third-order valence-electron chi connectivity index (χ3n) is 4.95. The fourth-order valence-electron chi connectivity index (χ4n) is 3.25. The van der Waals surface area contributed by atoms with Crippen molar-refractivity contribution in [2.45, 2.75) is 25.2 Å². The SMILES string of the molecule is Cc1ccc(Cn2c(SCC(=O)NCc3ccccc3)nc3ccccc3c2=O)cc1. The highest BCUT2D eigenvalue weighted by molar-refractivity contribution is 7.99. The van der Waals surface area contributed by atoms with Crippen molar-refractivity contribution in [3.63, 3.8) is 0 Å². The van der Waals surface area contributed by atoms with Gasteiger partial charge < -0.3 is 5.32 Å². The zero-order valence-electron chi connectivity index (χ0n) is 17.2. The second kappa shape index (κ2) is 9.62. The summed E-state index contributed by atoms with van der Waals surface area (Å²) >= 11 is 1.28. The molecule has 0 saturated heterocycles. The molecule has 0 bridgehead atoms. The molecule has 0 aliphatic rings. The molecule has 0 fully saturated rings. The van der Waals surface area contributed by atoms with Crippen LogP contribution in [-0.2, 0) is 17.9 Å². The molecule has 0 aliphatic carbocycles. The van der Waals surface area contributed by atoms with Gasteiger partial charge in [0.05, 0.1) is 23.2 Å². The number of thioether (sulfide) groups is 1. The van der Waals surface area contributed by atoms with Crippen molar-refractivity contribution in [1.29, 1.82) is 0 Å². The van der Waals surface area contributed by atoms with E-state index in [0.717, 1.165) is 16.7 Å². The Morgan fingerprint density at radius 2 is 1.65 bits per heavy atom. The van der Waals surface area contributed by atoms with E-state index < -0.39 is 0 Å². The number of nitrogens with zero attached hydrogens (tertiary/aromatic N) is 2. The molecule has 156 valence electrons. The lowest BCUT2D eigenvalue weighted by Gasteiger charge is -2.13. The van der Waals surface area contributed by atoms with Crippen LogP contribution in [0.1, 0.15) is 16.7 Å². The van der Waals surface area contributed by atoms with Crippen LogP contribution in [-0.4, -0.2) is 21.2 Å². The van der Waals surface area contributed by atoms with E-state index in [9.17, 15) is 9.59 Å². The van der Waals surface area contributed by atoms with Crippen LogP contribution < -0.4 is 10.9 Å². The number of aromatic nitrogens is 2. The molecule has 0 aliphatic heterocycles. The Morgan fingerprint density at radius 1 is 0.935 bits per heavy atom. The summed E-state index contributed by atoms with van der Waals surface area (Å²) in [6.45, 7) is 2.91. The van der Waals surface area contributed by atoms with Gasteiger partial charge in [-0.2, -0.15) is 0 Å². The van der Waals surface area contributed by atoms with E-state index in [-0.39, 0.29) is 17.2 Å². The van der Waals surface area contributed by atoms with E-state index in [1.807, 2.05) is 79.7 Å². The predicted octanol–water partition coefficient (Wildman–Crippen LogP) is 4.16. The maximum absolute atomic E-state index is 13.2. The van der Waals surface area contributed by atoms with Crippen LogP contribution in [0, 0.1) is 6.92 Å². The molecule has 0 saturated carbocycles. The quantitative estimate of drug-likeness (QED) is 0.354. The topological polar surface area (TPSA) is 64.0 Å². The van der Waals surface area contributed by atoms with Crippen LogP contribution in [0.15, 0.2) is 88.8 Å². The van der Waals surface area contributed by atoms with E-state index in [4.69, 9.17) is 0 Å². The average Bonchev–Trinajstić information content (AvgIpc) is 2.80. The minimum Gasteiger partial charge on any atom is -0.351 e. The zero-order valence-corrected chi connectivity index (χ0v) is 18.1. The normalized spacial score (nSPS) is 10.9. The highest BCUT2D eigenvalue weighted by Gasteiger charge is 2.14. The molecule has 1 amide bonds. The molecular weight excluding hydrogens is 406 g/mol. The number of aryl methyl sites for hydroxylation is 1. The standard InChI is InChI=1S/C25H23N3O2S/c1-18-11-13-20(14-12-18)16-28-24(30)21-9-5-6-10-22(21)27-25(28)31-17-23(29)26-15-19-7-3-2-4-8-19/h2-14H,15-17H2,1H3,(H,26,29). The Kier molecular flexibility index (Phi) is 6.48. The van der Waals surface area contributed by atoms with Crippen molar-refractivity contribution >= 4 is 28.6 Å². The van der Waals surface area contributed by atoms with Gasteiger partial charge in [0.15, 0.2) is 5.16 Å². The minimum atomic E-state index is -0.0989. The summed E-state index contributed by atoms with van der Waals surface area (Å²) in [5.41, 5.74) is 3.76. The third kappa shape index (κ3) is 5.22. The molecule has 1 N–H and O–H groups in total. The fraction of sp³-hybridized carbons (Fsp3) is 0.160. The molecule has 5 nitrogen and oxygen atoms in total. The second-order valence-electron chi connectivity index (χ2n) is 7.34. The first-order chi connectivity index (χ1) is 15.1. The van der Waals surface area contributed by atoms with Crippen LogP contribution in [0.3, 0.4) is 0 Å². The number of carbonyl (C=O) groups excluding carboxylic acids is 1. The van der Waals surface area contributed by atoms with Gasteiger partial charge in [-0.05, 0) is 30.2 Å². The van der Waals surface area contributed by atoms with Crippen LogP contribution in [0.25, 0.3) is 10.9 Å². The number of rotatable bonds is 7. The monoisotopic (exact) mass is 429 g/mol. The van der Waals surface area contributed by atoms with Gasteiger partial charge in [-0.1, -0.05) is 84.1 Å². The predicted molar refractivity (Wildman–Crippen MR) is 125 cm³/mol. The van der Waals surface area contributed by atoms with Crippen LogP contribution in [0.5, 0.6) is 0 Å². The highest BCUT2D eigenvalue weighted by atomic mass is 32.2. The Balaban J connectivity index is 1.55. The van der Waals surface area contributed by atoms with Crippen LogP contribution >= 0.6 is 11.8 Å². The number of hydrogen-bond donors (Lipinski definition) is 1. The fourth-order valence-corrected chi connectivity index (χ4v) is 4.08. The number of nitrogens with one attached hydrogen (secondary N) is 1. The van der Waals surface area contributed by atoms with E-state index in [1.54, 1.807) is 10.6 Å². The van der Waals surface area contributed by atoms with Crippen molar-refractivity contribution in [3.8, 4) is 0 Å². The van der Waals surface area contributed by atoms with Crippen molar-refractivity contribution < 1.29 is 4.79 Å². The van der Waals surface area contributed by atoms with E-state index in [1.165, 1.54) is 11.8 Å². The molecule has 31 heavy (non-hydrogen) atoms. The van der Waals surface area contributed by atoms with Gasteiger partial charge in [-0.15, -0.1) is 0 Å². The van der Waals surface area contributed by atoms with Gasteiger partial charge in [-0.3, -0.25) is 14.2 Å². The lowest BCUT2D eigenvalue weighted by atomic mass is 10.1. The number of fused-ring (bicyclic) bond motifs is 1. The highest BCUT2D eigenvalue weighted by Crippen LogP contribution is 2.19. The summed E-state index contributed by atoms with van der Waals surface area (Å²) < 4.78 is 1.65. The average molecular weight is 430 g/mol. The summed E-state index contributed by atoms with van der Waals surface area (Å²) in [6.07, 6.45) is 0. The minimum absolute atomic E-state index is 0.0987. The van der Waals surface area contributed by atoms with Gasteiger partial charge in [0.25, 0.3) is 5.56 Å². The van der Waals surface area contributed by atoms with Gasteiger partial charge in [0.2, 0.25) is 5.91 Å². The van der Waals surface area contributed by atoms with Crippen molar-refractivity contribution in [3.05, 3.63) is 106 Å². The van der Waals surface area contributed by atoms with Gasteiger partial charge in [0, 0.05) is 6.54 Å². The molecule has 0 spiro atoms. The number of amides is 1. The van der Waals surface area contributed by atoms with E-state index in [0.29, 0.717) is 29.1 Å². The maximum Gasteiger partial charge on any atom is 0.262 e. The molecule has 0 radical (unpaired) electrons. The largest absolute Gasteiger partial charge is 0.351 e. The van der Waals surface area contributed by atoms with Crippen LogP contribution in [0.2, 0.25) is 0 Å². The van der Waals surface area contributed by atoms with Gasteiger partial charge in [-0.25, -0.2) is 4.98 Å². The molecule has 0 unspecified atom stereocenters. The van der Waals surface area contributed by atoms with E-state index in [2.05, 4.69) is 10.3 Å². The summed E-state index contributed by atoms with van der Waals surface area (Å²) in [6, 6.07) is 25.2. The van der Waals surface area contributed by atoms with Gasteiger partial charge in [0.1, 0.15) is 0 Å². The van der Waals surface area contributed by atoms with Gasteiger partial charge >= 0.3 is 0 Å². The number of para-hydroxylation sites is 1. The zero-order chi connectivity index (χ0) is 21.6. The molecule has 0 atom stereocenters. The third-order valence-corrected chi connectivity index (χ3v) is 5.93. The maximum atomic E-state index is 13.2. The first kappa shape index (κ1) is 20.9. The summed E-state index contributed by atoms with van der Waals surface area (Å²) in [7, 11) is 0. The summed E-state index contributed by atoms with van der Waals surface area (Å²) in [5.74, 6) is 0.0871. The molecule has 4 rings (SSSR count). The Hall–Kier alpha value is -3.38. The first-order valence-corrected chi connectivity index (χ1v) is 11.1. The molecule has 4 aromatic rings. The molecule has 1 heterocycles. The second-order valence-corrected chi connectivity index (χ2v) is 8.28. The Bertz CT molecular complexity index is 1250. The Morgan fingerprint density at radius 3 is 2.42 bits per heavy atom. The van der Waals surface area contributed by atoms with E-state index >= 15 is 0 Å². The van der Waals surface area contributed by atoms with Crippen molar-refractivity contribution in [2.75, 3.05) is 5.75 Å². The molecule has 1 aromatic heterocycles. The number of carbonyl (C=O) groups is 1.